The molecule has 34 heavy (non-hydrogen) atoms. The fourth-order valence-electron chi connectivity index (χ4n) is 2.86. The van der Waals surface area contributed by atoms with E-state index < -0.39 is 34.3 Å². The Bertz CT molecular complexity index is 904. The van der Waals surface area contributed by atoms with E-state index in [1.165, 1.54) is 10.5 Å². The first-order valence-electron chi connectivity index (χ1n) is 9.26. The van der Waals surface area contributed by atoms with E-state index in [2.05, 4.69) is 9.88 Å². The number of alkyl halides is 6. The van der Waals surface area contributed by atoms with Crippen molar-refractivity contribution in [2.24, 2.45) is 5.92 Å². The van der Waals surface area contributed by atoms with E-state index in [9.17, 15) is 34.8 Å². The van der Waals surface area contributed by atoms with Crippen LogP contribution >= 0.6 is 0 Å². The largest absolute Gasteiger partial charge is 0.490 e. The second-order valence-corrected chi connectivity index (χ2v) is 8.99. The minimum atomic E-state index is -5.08. The van der Waals surface area contributed by atoms with Crippen molar-refractivity contribution in [3.05, 3.63) is 24.5 Å². The van der Waals surface area contributed by atoms with Gasteiger partial charge in [-0.25, -0.2) is 18.0 Å². The van der Waals surface area contributed by atoms with Crippen molar-refractivity contribution in [1.29, 1.82) is 0 Å². The van der Waals surface area contributed by atoms with Gasteiger partial charge in [-0.15, -0.1) is 0 Å². The molecule has 0 saturated carbocycles. The minimum absolute atomic E-state index is 0.00592. The lowest BCUT2D eigenvalue weighted by atomic mass is 10.1. The molecule has 2 aliphatic rings. The molecule has 2 fully saturated rings. The molecule has 0 spiro atoms. The van der Waals surface area contributed by atoms with Gasteiger partial charge in [-0.1, -0.05) is 0 Å². The maximum Gasteiger partial charge on any atom is 0.490 e. The van der Waals surface area contributed by atoms with E-state index in [1.54, 1.807) is 18.3 Å². The van der Waals surface area contributed by atoms with Crippen molar-refractivity contribution in [3.8, 4) is 0 Å². The predicted octanol–water partition coefficient (Wildman–Crippen LogP) is 1.30. The Morgan fingerprint density at radius 3 is 2.03 bits per heavy atom. The summed E-state index contributed by atoms with van der Waals surface area (Å²) in [6.45, 7) is 3.41. The van der Waals surface area contributed by atoms with E-state index in [0.29, 0.717) is 19.7 Å². The number of carboxylic acid groups (broad SMARTS) is 2. The number of rotatable bonds is 2. The normalized spacial score (nSPS) is 21.7. The highest BCUT2D eigenvalue weighted by atomic mass is 32.2. The van der Waals surface area contributed by atoms with Gasteiger partial charge in [0.1, 0.15) is 4.90 Å². The average Bonchev–Trinajstić information content (AvgIpc) is 3.03. The van der Waals surface area contributed by atoms with Crippen molar-refractivity contribution in [3.63, 3.8) is 0 Å². The molecule has 0 aromatic carbocycles. The molecule has 0 unspecified atom stereocenters. The fourth-order valence-corrected chi connectivity index (χ4v) is 4.34. The van der Waals surface area contributed by atoms with Crippen LogP contribution in [0, 0.1) is 5.92 Å². The van der Waals surface area contributed by atoms with Crippen LogP contribution in [0.1, 0.15) is 0 Å². The van der Waals surface area contributed by atoms with E-state index in [4.69, 9.17) is 24.5 Å². The first-order valence-corrected chi connectivity index (χ1v) is 10.7. The SMILES string of the molecule is CN1CCO[C@@H]2CN(S(=O)(=O)c3cccnc3)C[C@@H]2C1.O=C(O)C(F)(F)F.O=C(O)C(F)(F)F. The van der Waals surface area contributed by atoms with Gasteiger partial charge in [-0.2, -0.15) is 30.6 Å². The molecular formula is C17H21F6N3O7S. The van der Waals surface area contributed by atoms with Crippen LogP contribution in [0.2, 0.25) is 0 Å². The molecule has 0 amide bonds. The van der Waals surface area contributed by atoms with Gasteiger partial charge in [0.05, 0.1) is 12.7 Å². The molecule has 2 atom stereocenters. The molecule has 2 saturated heterocycles. The van der Waals surface area contributed by atoms with Crippen molar-refractivity contribution >= 4 is 22.0 Å². The Morgan fingerprint density at radius 1 is 1.06 bits per heavy atom. The molecule has 10 nitrogen and oxygen atoms in total. The van der Waals surface area contributed by atoms with Gasteiger partial charge in [-0.3, -0.25) is 4.98 Å². The van der Waals surface area contributed by atoms with Crippen molar-refractivity contribution in [2.75, 3.05) is 39.8 Å². The highest BCUT2D eigenvalue weighted by molar-refractivity contribution is 7.89. The zero-order chi connectivity index (χ0) is 26.3. The van der Waals surface area contributed by atoms with Gasteiger partial charge in [-0.05, 0) is 19.2 Å². The predicted molar refractivity (Wildman–Crippen MR) is 101 cm³/mol. The maximum absolute atomic E-state index is 12.6. The Kier molecular flexibility index (Phi) is 10.2. The number of nitrogens with zero attached hydrogens (tertiary/aromatic N) is 3. The van der Waals surface area contributed by atoms with Crippen LogP contribution in [0.5, 0.6) is 0 Å². The van der Waals surface area contributed by atoms with Crippen LogP contribution in [-0.2, 0) is 24.3 Å². The zero-order valence-corrected chi connectivity index (χ0v) is 18.3. The lowest BCUT2D eigenvalue weighted by Gasteiger charge is -2.19. The van der Waals surface area contributed by atoms with Gasteiger partial charge in [0, 0.05) is 44.5 Å². The smallest absolute Gasteiger partial charge is 0.475 e. The zero-order valence-electron chi connectivity index (χ0n) is 17.5. The number of halogens is 6. The van der Waals surface area contributed by atoms with E-state index in [1.807, 2.05) is 7.05 Å². The topological polar surface area (TPSA) is 137 Å². The second-order valence-electron chi connectivity index (χ2n) is 7.05. The lowest BCUT2D eigenvalue weighted by molar-refractivity contribution is -0.193. The monoisotopic (exact) mass is 525 g/mol. The van der Waals surface area contributed by atoms with Crippen LogP contribution in [-0.4, -0.2) is 103 Å². The Hall–Kier alpha value is -2.50. The number of hydrogen-bond acceptors (Lipinski definition) is 7. The van der Waals surface area contributed by atoms with Crippen molar-refractivity contribution in [1.82, 2.24) is 14.2 Å². The standard InChI is InChI=1S/C13H19N3O3S.2C2HF3O2/c1-15-5-6-19-13-10-16(9-11(13)8-15)20(17,18)12-3-2-4-14-7-12;2*3-2(4,5)1(6)7/h2-4,7,11,13H,5-6,8-10H2,1H3;2*(H,6,7)/t11-,13+;;/m0../s1. The second kappa shape index (κ2) is 11.8. The van der Waals surface area contributed by atoms with Crippen LogP contribution in [0.15, 0.2) is 29.4 Å². The number of sulfonamides is 1. The highest BCUT2D eigenvalue weighted by Crippen LogP contribution is 2.28. The first kappa shape index (κ1) is 29.5. The van der Waals surface area contributed by atoms with Crippen LogP contribution in [0.4, 0.5) is 26.3 Å². The van der Waals surface area contributed by atoms with E-state index >= 15 is 0 Å². The number of carbonyl (C=O) groups is 2. The highest BCUT2D eigenvalue weighted by Gasteiger charge is 2.41. The molecule has 1 aromatic rings. The van der Waals surface area contributed by atoms with Crippen molar-refractivity contribution in [2.45, 2.75) is 23.4 Å². The molecule has 2 aliphatic heterocycles. The van der Waals surface area contributed by atoms with Crippen LogP contribution < -0.4 is 0 Å². The molecule has 194 valence electrons. The van der Waals surface area contributed by atoms with Gasteiger partial charge in [0.15, 0.2) is 0 Å². The van der Waals surface area contributed by atoms with Crippen molar-refractivity contribution < 1.29 is 59.3 Å². The summed E-state index contributed by atoms with van der Waals surface area (Å²) in [6, 6.07) is 3.23. The molecule has 3 rings (SSSR count). The molecule has 0 radical (unpaired) electrons. The van der Waals surface area contributed by atoms with Gasteiger partial charge in [0.2, 0.25) is 10.0 Å². The minimum Gasteiger partial charge on any atom is -0.475 e. The number of aliphatic carboxylic acids is 2. The Balaban J connectivity index is 0.000000343. The number of fused-ring (bicyclic) bond motifs is 1. The maximum atomic E-state index is 12.6. The van der Waals surface area contributed by atoms with Gasteiger partial charge >= 0.3 is 24.3 Å². The summed E-state index contributed by atoms with van der Waals surface area (Å²) < 4.78 is 95.9. The number of aromatic nitrogens is 1. The molecule has 1 aromatic heterocycles. The molecular weight excluding hydrogens is 504 g/mol. The fraction of sp³-hybridized carbons (Fsp3) is 0.588. The summed E-state index contributed by atoms with van der Waals surface area (Å²) in [7, 11) is -1.41. The molecule has 0 bridgehead atoms. The third-order valence-electron chi connectivity index (χ3n) is 4.46. The molecule has 17 heteroatoms. The summed E-state index contributed by atoms with van der Waals surface area (Å²) in [5, 5.41) is 14.2. The number of carboxylic acids is 2. The number of likely N-dealkylation sites (N-methyl/N-ethyl adjacent to an activating group) is 1. The summed E-state index contributed by atoms with van der Waals surface area (Å²) in [5.74, 6) is -5.27. The Morgan fingerprint density at radius 2 is 1.59 bits per heavy atom. The van der Waals surface area contributed by atoms with E-state index in [0.717, 1.165) is 13.1 Å². The Labute approximate surface area is 189 Å². The van der Waals surface area contributed by atoms with Crippen LogP contribution in [0.25, 0.3) is 0 Å². The average molecular weight is 525 g/mol. The lowest BCUT2D eigenvalue weighted by Crippen LogP contribution is -2.32. The summed E-state index contributed by atoms with van der Waals surface area (Å²) in [6.07, 6.45) is -7.19. The third kappa shape index (κ3) is 9.03. The van der Waals surface area contributed by atoms with Gasteiger partial charge < -0.3 is 19.8 Å². The van der Waals surface area contributed by atoms with E-state index in [-0.39, 0.29) is 16.9 Å². The van der Waals surface area contributed by atoms with Crippen LogP contribution in [0.3, 0.4) is 0 Å². The molecule has 0 aliphatic carbocycles. The quantitative estimate of drug-likeness (QED) is 0.548. The summed E-state index contributed by atoms with van der Waals surface area (Å²) >= 11 is 0. The number of hydrogen-bond donors (Lipinski definition) is 2. The third-order valence-corrected chi connectivity index (χ3v) is 6.27. The number of pyridine rings is 1. The first-order chi connectivity index (χ1) is 15.5. The summed E-state index contributed by atoms with van der Waals surface area (Å²) in [5.41, 5.74) is 0. The summed E-state index contributed by atoms with van der Waals surface area (Å²) in [4.78, 5) is 24.1. The molecule has 3 heterocycles. The van der Waals surface area contributed by atoms with Gasteiger partial charge in [0.25, 0.3) is 0 Å². The molecule has 2 N–H and O–H groups in total. The number of ether oxygens (including phenoxy) is 1.